The van der Waals surface area contributed by atoms with Crippen molar-refractivity contribution in [2.24, 2.45) is 5.73 Å². The Bertz CT molecular complexity index is 1240. The lowest BCUT2D eigenvalue weighted by Gasteiger charge is -2.28. The number of carbonyl (C=O) groups excluding carboxylic acids is 2. The standard InChI is InChI=1S/C30H45N7O4/c1-6-23-27(32-20-8-11-22(38)12-9-20)35-28(25(34-23)26(31)39)33-21-10-13-24(19(2)18-21)36-14-7-15-37(17-16-36)29(40)41-30(3,4)5/h10,13,18,20,22,38H,6-9,11-12,14-17H2,1-5H3,(H2,31,39)(H2,32,33,35). The van der Waals surface area contributed by atoms with Gasteiger partial charge in [0.1, 0.15) is 11.4 Å². The molecule has 224 valence electrons. The Balaban J connectivity index is 1.50. The zero-order chi connectivity index (χ0) is 29.7. The Morgan fingerprint density at radius 3 is 2.44 bits per heavy atom. The Kier molecular flexibility index (Phi) is 9.57. The Labute approximate surface area is 242 Å². The molecule has 1 saturated carbocycles. The van der Waals surface area contributed by atoms with Crippen molar-refractivity contribution in [3.63, 3.8) is 0 Å². The number of nitrogens with two attached hydrogens (primary N) is 1. The van der Waals surface area contributed by atoms with Gasteiger partial charge in [-0.25, -0.2) is 14.8 Å². The molecule has 5 N–H and O–H groups in total. The third kappa shape index (κ3) is 8.00. The molecule has 0 atom stereocenters. The van der Waals surface area contributed by atoms with E-state index in [-0.39, 0.29) is 23.9 Å². The van der Waals surface area contributed by atoms with Crippen molar-refractivity contribution in [1.29, 1.82) is 0 Å². The molecule has 2 fully saturated rings. The van der Waals surface area contributed by atoms with Crippen LogP contribution in [0, 0.1) is 6.92 Å². The molecule has 2 amide bonds. The van der Waals surface area contributed by atoms with Gasteiger partial charge in [0.25, 0.3) is 5.91 Å². The number of aliphatic hydroxyl groups excluding tert-OH is 1. The molecule has 1 saturated heterocycles. The van der Waals surface area contributed by atoms with Crippen LogP contribution in [-0.4, -0.2) is 75.9 Å². The number of aromatic nitrogens is 2. The molecule has 0 bridgehead atoms. The Hall–Kier alpha value is -3.60. The van der Waals surface area contributed by atoms with Crippen LogP contribution >= 0.6 is 0 Å². The second-order valence-electron chi connectivity index (χ2n) is 12.0. The first-order valence-corrected chi connectivity index (χ1v) is 14.7. The fraction of sp³-hybridized carbons (Fsp3) is 0.600. The number of hydrogen-bond donors (Lipinski definition) is 4. The van der Waals surface area contributed by atoms with Crippen LogP contribution in [0.2, 0.25) is 0 Å². The molecule has 4 rings (SSSR count). The van der Waals surface area contributed by atoms with Gasteiger partial charge in [-0.1, -0.05) is 6.92 Å². The zero-order valence-electron chi connectivity index (χ0n) is 25.0. The Morgan fingerprint density at radius 1 is 1.07 bits per heavy atom. The summed E-state index contributed by atoms with van der Waals surface area (Å²) in [6.45, 7) is 12.4. The van der Waals surface area contributed by atoms with Gasteiger partial charge in [0.2, 0.25) is 0 Å². The SMILES string of the molecule is CCc1nc(C(N)=O)c(Nc2ccc(N3CCCN(C(=O)OC(C)(C)C)CC3)c(C)c2)nc1NC1CCC(O)CC1. The number of aryl methyl sites for hydroxylation is 2. The maximum atomic E-state index is 12.6. The summed E-state index contributed by atoms with van der Waals surface area (Å²) in [4.78, 5) is 38.3. The van der Waals surface area contributed by atoms with Crippen LogP contribution < -0.4 is 21.3 Å². The monoisotopic (exact) mass is 567 g/mol. The van der Waals surface area contributed by atoms with Crippen LogP contribution in [0.3, 0.4) is 0 Å². The molecular formula is C30H45N7O4. The molecule has 1 aromatic carbocycles. The molecule has 1 aromatic heterocycles. The van der Waals surface area contributed by atoms with Crippen LogP contribution in [0.4, 0.5) is 27.8 Å². The second kappa shape index (κ2) is 12.9. The minimum atomic E-state index is -0.644. The van der Waals surface area contributed by atoms with Crippen molar-refractivity contribution in [3.05, 3.63) is 35.2 Å². The lowest BCUT2D eigenvalue weighted by Crippen LogP contribution is -2.39. The largest absolute Gasteiger partial charge is 0.444 e. The van der Waals surface area contributed by atoms with E-state index in [0.29, 0.717) is 43.4 Å². The summed E-state index contributed by atoms with van der Waals surface area (Å²) in [5.41, 5.74) is 8.88. The first-order valence-electron chi connectivity index (χ1n) is 14.7. The van der Waals surface area contributed by atoms with Gasteiger partial charge in [0, 0.05) is 43.6 Å². The highest BCUT2D eigenvalue weighted by atomic mass is 16.6. The van der Waals surface area contributed by atoms with Gasteiger partial charge < -0.3 is 36.0 Å². The van der Waals surface area contributed by atoms with Crippen LogP contribution in [-0.2, 0) is 11.2 Å². The van der Waals surface area contributed by atoms with Crippen molar-refractivity contribution >= 4 is 35.0 Å². The average Bonchev–Trinajstić information content (AvgIpc) is 3.15. The van der Waals surface area contributed by atoms with Crippen molar-refractivity contribution in [3.8, 4) is 0 Å². The lowest BCUT2D eigenvalue weighted by molar-refractivity contribution is 0.0263. The number of ether oxygens (including phenoxy) is 1. The molecule has 11 heteroatoms. The molecule has 11 nitrogen and oxygen atoms in total. The summed E-state index contributed by atoms with van der Waals surface area (Å²) in [6.07, 6.45) is 4.11. The van der Waals surface area contributed by atoms with Gasteiger partial charge in [-0.15, -0.1) is 0 Å². The topological polar surface area (TPSA) is 146 Å². The number of anilines is 4. The van der Waals surface area contributed by atoms with Crippen molar-refractivity contribution in [2.45, 2.75) is 90.9 Å². The van der Waals surface area contributed by atoms with Crippen LogP contribution in [0.5, 0.6) is 0 Å². The van der Waals surface area contributed by atoms with E-state index < -0.39 is 11.5 Å². The molecular weight excluding hydrogens is 522 g/mol. The third-order valence-electron chi connectivity index (χ3n) is 7.52. The van der Waals surface area contributed by atoms with Crippen molar-refractivity contribution < 1.29 is 19.4 Å². The quantitative estimate of drug-likeness (QED) is 0.383. The van der Waals surface area contributed by atoms with Gasteiger partial charge in [0.15, 0.2) is 11.5 Å². The van der Waals surface area contributed by atoms with Crippen LogP contribution in [0.15, 0.2) is 18.2 Å². The summed E-state index contributed by atoms with van der Waals surface area (Å²) >= 11 is 0. The number of aliphatic hydroxyl groups is 1. The van der Waals surface area contributed by atoms with Gasteiger partial charge in [-0.3, -0.25) is 4.79 Å². The molecule has 1 aliphatic heterocycles. The maximum Gasteiger partial charge on any atom is 0.410 e. The van der Waals surface area contributed by atoms with Crippen LogP contribution in [0.25, 0.3) is 0 Å². The molecule has 0 spiro atoms. The van der Waals surface area contributed by atoms with E-state index in [2.05, 4.69) is 20.5 Å². The number of benzene rings is 1. The molecule has 2 heterocycles. The van der Waals surface area contributed by atoms with Crippen molar-refractivity contribution in [1.82, 2.24) is 14.9 Å². The molecule has 0 unspecified atom stereocenters. The van der Waals surface area contributed by atoms with E-state index in [4.69, 9.17) is 15.5 Å². The maximum absolute atomic E-state index is 12.6. The lowest BCUT2D eigenvalue weighted by atomic mass is 9.93. The van der Waals surface area contributed by atoms with E-state index in [0.717, 1.165) is 55.6 Å². The number of carbonyl (C=O) groups is 2. The Morgan fingerprint density at radius 2 is 1.80 bits per heavy atom. The number of amides is 2. The van der Waals surface area contributed by atoms with E-state index in [1.807, 2.05) is 52.8 Å². The van der Waals surface area contributed by atoms with E-state index in [9.17, 15) is 14.7 Å². The molecule has 2 aliphatic rings. The van der Waals surface area contributed by atoms with Gasteiger partial charge in [-0.05, 0) is 90.0 Å². The number of primary amides is 1. The minimum Gasteiger partial charge on any atom is -0.444 e. The highest BCUT2D eigenvalue weighted by Gasteiger charge is 2.26. The molecule has 1 aliphatic carbocycles. The van der Waals surface area contributed by atoms with Crippen molar-refractivity contribution in [2.75, 3.05) is 41.7 Å². The summed E-state index contributed by atoms with van der Waals surface area (Å²) < 4.78 is 5.57. The normalized spacial score (nSPS) is 19.9. The highest BCUT2D eigenvalue weighted by Crippen LogP contribution is 2.29. The van der Waals surface area contributed by atoms with E-state index in [1.165, 1.54) is 0 Å². The number of nitrogens with zero attached hydrogens (tertiary/aromatic N) is 4. The minimum absolute atomic E-state index is 0.1000. The zero-order valence-corrected chi connectivity index (χ0v) is 25.0. The fourth-order valence-corrected chi connectivity index (χ4v) is 5.40. The first-order chi connectivity index (χ1) is 19.4. The predicted molar refractivity (Wildman–Crippen MR) is 161 cm³/mol. The third-order valence-corrected chi connectivity index (χ3v) is 7.52. The number of rotatable bonds is 7. The molecule has 2 aromatic rings. The van der Waals surface area contributed by atoms with Crippen LogP contribution in [0.1, 0.15) is 81.5 Å². The number of nitrogens with one attached hydrogen (secondary N) is 2. The van der Waals surface area contributed by atoms with Gasteiger partial charge in [0.05, 0.1) is 11.8 Å². The van der Waals surface area contributed by atoms with Gasteiger partial charge >= 0.3 is 6.09 Å². The van der Waals surface area contributed by atoms with Gasteiger partial charge in [-0.2, -0.15) is 0 Å². The summed E-state index contributed by atoms with van der Waals surface area (Å²) in [5.74, 6) is 0.297. The predicted octanol–water partition coefficient (Wildman–Crippen LogP) is 4.35. The summed E-state index contributed by atoms with van der Waals surface area (Å²) in [5, 5.41) is 16.6. The smallest absolute Gasteiger partial charge is 0.410 e. The summed E-state index contributed by atoms with van der Waals surface area (Å²) in [6, 6.07) is 6.20. The average molecular weight is 568 g/mol. The van der Waals surface area contributed by atoms with E-state index >= 15 is 0 Å². The second-order valence-corrected chi connectivity index (χ2v) is 12.0. The summed E-state index contributed by atoms with van der Waals surface area (Å²) in [7, 11) is 0. The first kappa shape index (κ1) is 30.4. The fourth-order valence-electron chi connectivity index (χ4n) is 5.40. The van der Waals surface area contributed by atoms with E-state index in [1.54, 1.807) is 4.90 Å². The molecule has 41 heavy (non-hydrogen) atoms. The number of hydrogen-bond acceptors (Lipinski definition) is 9. The molecule has 0 radical (unpaired) electrons. The highest BCUT2D eigenvalue weighted by molar-refractivity contribution is 5.96.